The van der Waals surface area contributed by atoms with Crippen LogP contribution in [0.2, 0.25) is 0 Å². The van der Waals surface area contributed by atoms with E-state index in [1.807, 2.05) is 6.08 Å². The quantitative estimate of drug-likeness (QED) is 0.401. The largest absolute Gasteiger partial charge is 0.427 e. The van der Waals surface area contributed by atoms with Crippen LogP contribution in [0.15, 0.2) is 55.0 Å². The molecule has 9 nitrogen and oxygen atoms in total. The number of thiazole rings is 1. The maximum absolute atomic E-state index is 12.8. The lowest BCUT2D eigenvalue weighted by Crippen LogP contribution is -2.44. The standard InChI is InChI=1S/C26H28F3N7O2S/c1-17(24(38)34-25-32-15-21(39-25)26(27,28)29)18-5-3-6-19(13-18)20-14-31-22(16-30-20)33-23(37)7-4-8-36-11-9-35(2)10-12-36/h3-7,13-17H,8-12H2,1-2H3,(H,31,33,37)(H,32,34,38)/b7-4+/t17-/m0/s1. The van der Waals surface area contributed by atoms with Crippen molar-refractivity contribution >= 4 is 34.1 Å². The summed E-state index contributed by atoms with van der Waals surface area (Å²) in [5.74, 6) is -1.14. The Kier molecular flexibility index (Phi) is 9.04. The Labute approximate surface area is 227 Å². The van der Waals surface area contributed by atoms with Crippen molar-refractivity contribution in [2.45, 2.75) is 19.0 Å². The molecule has 1 saturated heterocycles. The van der Waals surface area contributed by atoms with Crippen LogP contribution in [0.3, 0.4) is 0 Å². The summed E-state index contributed by atoms with van der Waals surface area (Å²) < 4.78 is 38.4. The van der Waals surface area contributed by atoms with Gasteiger partial charge in [0.15, 0.2) is 10.9 Å². The van der Waals surface area contributed by atoms with Gasteiger partial charge in [-0.15, -0.1) is 0 Å². The number of benzene rings is 1. The molecule has 0 saturated carbocycles. The third-order valence-corrected chi connectivity index (χ3v) is 7.18. The van der Waals surface area contributed by atoms with E-state index in [2.05, 4.69) is 42.4 Å². The smallest absolute Gasteiger partial charge is 0.306 e. The molecule has 0 radical (unpaired) electrons. The zero-order valence-corrected chi connectivity index (χ0v) is 22.2. The molecule has 0 bridgehead atoms. The van der Waals surface area contributed by atoms with Gasteiger partial charge >= 0.3 is 6.18 Å². The maximum atomic E-state index is 12.8. The minimum Gasteiger partial charge on any atom is -0.306 e. The van der Waals surface area contributed by atoms with Crippen molar-refractivity contribution in [2.24, 2.45) is 0 Å². The van der Waals surface area contributed by atoms with Gasteiger partial charge in [-0.3, -0.25) is 19.5 Å². The van der Waals surface area contributed by atoms with Crippen molar-refractivity contribution in [1.29, 1.82) is 0 Å². The molecule has 2 aromatic heterocycles. The van der Waals surface area contributed by atoms with Crippen molar-refractivity contribution in [3.05, 3.63) is 65.4 Å². The number of nitrogens with one attached hydrogen (secondary N) is 2. The first-order valence-corrected chi connectivity index (χ1v) is 13.0. The topological polar surface area (TPSA) is 103 Å². The molecular formula is C26H28F3N7O2S. The number of anilines is 2. The van der Waals surface area contributed by atoms with Gasteiger partial charge in [-0.2, -0.15) is 13.2 Å². The van der Waals surface area contributed by atoms with Gasteiger partial charge in [0.2, 0.25) is 11.8 Å². The number of nitrogens with zero attached hydrogens (tertiary/aromatic N) is 5. The van der Waals surface area contributed by atoms with Crippen LogP contribution in [0.5, 0.6) is 0 Å². The Morgan fingerprint density at radius 3 is 2.51 bits per heavy atom. The minimum absolute atomic E-state index is 0.118. The summed E-state index contributed by atoms with van der Waals surface area (Å²) in [7, 11) is 2.09. The van der Waals surface area contributed by atoms with Gasteiger partial charge in [-0.25, -0.2) is 9.97 Å². The molecule has 0 unspecified atom stereocenters. The SMILES string of the molecule is C[C@H](C(=O)Nc1ncc(C(F)(F)F)s1)c1cccc(-c2cnc(NC(=O)/C=C/CN3CCN(C)CC3)cn2)c1. The molecule has 1 aliphatic rings. The van der Waals surface area contributed by atoms with Crippen molar-refractivity contribution in [3.63, 3.8) is 0 Å². The first-order valence-electron chi connectivity index (χ1n) is 12.2. The van der Waals surface area contributed by atoms with Crippen LogP contribution in [-0.2, 0) is 15.8 Å². The Bertz CT molecular complexity index is 1320. The van der Waals surface area contributed by atoms with Gasteiger partial charge in [-0.1, -0.05) is 35.6 Å². The molecule has 4 rings (SSSR count). The molecule has 0 aliphatic carbocycles. The van der Waals surface area contributed by atoms with Crippen molar-refractivity contribution in [1.82, 2.24) is 24.8 Å². The van der Waals surface area contributed by atoms with Crippen molar-refractivity contribution in [2.75, 3.05) is 50.4 Å². The highest BCUT2D eigenvalue weighted by molar-refractivity contribution is 7.15. The maximum Gasteiger partial charge on any atom is 0.427 e. The highest BCUT2D eigenvalue weighted by Crippen LogP contribution is 2.35. The predicted octanol–water partition coefficient (Wildman–Crippen LogP) is 4.10. The Balaban J connectivity index is 1.33. The molecule has 1 aromatic carbocycles. The van der Waals surface area contributed by atoms with E-state index in [0.717, 1.165) is 26.2 Å². The molecule has 1 fully saturated rings. The van der Waals surface area contributed by atoms with E-state index in [1.54, 1.807) is 31.2 Å². The van der Waals surface area contributed by atoms with E-state index in [4.69, 9.17) is 0 Å². The van der Waals surface area contributed by atoms with Crippen LogP contribution in [0.1, 0.15) is 23.3 Å². The normalized spacial score (nSPS) is 15.8. The second-order valence-electron chi connectivity index (χ2n) is 9.15. The number of carbonyl (C=O) groups is 2. The van der Waals surface area contributed by atoms with E-state index in [0.29, 0.717) is 46.7 Å². The fraction of sp³-hybridized carbons (Fsp3) is 0.346. The number of hydrogen-bond donors (Lipinski definition) is 2. The second kappa shape index (κ2) is 12.5. The van der Waals surface area contributed by atoms with E-state index in [1.165, 1.54) is 18.5 Å². The average molecular weight is 560 g/mol. The number of rotatable bonds is 8. The van der Waals surface area contributed by atoms with Crippen LogP contribution in [0, 0.1) is 0 Å². The number of alkyl halides is 3. The van der Waals surface area contributed by atoms with Crippen molar-refractivity contribution < 1.29 is 22.8 Å². The fourth-order valence-corrected chi connectivity index (χ4v) is 4.53. The van der Waals surface area contributed by atoms with Crippen LogP contribution in [-0.4, -0.2) is 76.3 Å². The molecule has 3 heterocycles. The first kappa shape index (κ1) is 28.3. The predicted molar refractivity (Wildman–Crippen MR) is 143 cm³/mol. The van der Waals surface area contributed by atoms with Gasteiger partial charge in [0, 0.05) is 44.4 Å². The summed E-state index contributed by atoms with van der Waals surface area (Å²) in [6, 6.07) is 7.06. The number of piperazine rings is 1. The number of carbonyl (C=O) groups excluding carboxylic acids is 2. The van der Waals surface area contributed by atoms with Crippen LogP contribution >= 0.6 is 11.3 Å². The zero-order chi connectivity index (χ0) is 28.0. The number of likely N-dealkylation sites (N-methyl/N-ethyl adjacent to an activating group) is 1. The van der Waals surface area contributed by atoms with Gasteiger partial charge < -0.3 is 15.5 Å². The lowest BCUT2D eigenvalue weighted by molar-refractivity contribution is -0.134. The van der Waals surface area contributed by atoms with E-state index in [-0.39, 0.29) is 11.0 Å². The number of amides is 2. The Hall–Kier alpha value is -3.68. The fourth-order valence-electron chi connectivity index (χ4n) is 3.84. The molecule has 3 aromatic rings. The van der Waals surface area contributed by atoms with Crippen LogP contribution in [0.25, 0.3) is 11.3 Å². The zero-order valence-electron chi connectivity index (χ0n) is 21.4. The van der Waals surface area contributed by atoms with E-state index >= 15 is 0 Å². The van der Waals surface area contributed by atoms with Gasteiger partial charge in [0.1, 0.15) is 4.88 Å². The van der Waals surface area contributed by atoms with Crippen LogP contribution < -0.4 is 10.6 Å². The Morgan fingerprint density at radius 2 is 1.85 bits per heavy atom. The summed E-state index contributed by atoms with van der Waals surface area (Å²) >= 11 is 0.373. The minimum atomic E-state index is -4.51. The number of hydrogen-bond acceptors (Lipinski definition) is 8. The molecule has 1 aliphatic heterocycles. The monoisotopic (exact) mass is 559 g/mol. The second-order valence-corrected chi connectivity index (χ2v) is 10.2. The lowest BCUT2D eigenvalue weighted by atomic mass is 9.97. The molecule has 2 N–H and O–H groups in total. The summed E-state index contributed by atoms with van der Waals surface area (Å²) in [5, 5.41) is 5.01. The van der Waals surface area contributed by atoms with E-state index in [9.17, 15) is 22.8 Å². The Morgan fingerprint density at radius 1 is 1.08 bits per heavy atom. The van der Waals surface area contributed by atoms with Gasteiger partial charge in [0.25, 0.3) is 0 Å². The van der Waals surface area contributed by atoms with Gasteiger partial charge in [0.05, 0.1) is 30.2 Å². The highest BCUT2D eigenvalue weighted by atomic mass is 32.1. The number of aromatic nitrogens is 3. The van der Waals surface area contributed by atoms with E-state index < -0.39 is 22.9 Å². The molecule has 0 spiro atoms. The molecule has 39 heavy (non-hydrogen) atoms. The number of halogens is 3. The summed E-state index contributed by atoms with van der Waals surface area (Å²) in [4.78, 5) is 40.8. The third kappa shape index (κ3) is 7.91. The third-order valence-electron chi connectivity index (χ3n) is 6.22. The summed E-state index contributed by atoms with van der Waals surface area (Å²) in [6.45, 7) is 6.31. The molecule has 1 atom stereocenters. The molecule has 206 valence electrons. The lowest BCUT2D eigenvalue weighted by Gasteiger charge is -2.31. The summed E-state index contributed by atoms with van der Waals surface area (Å²) in [5.41, 5.74) is 1.86. The highest BCUT2D eigenvalue weighted by Gasteiger charge is 2.33. The first-order chi connectivity index (χ1) is 18.6. The molecule has 2 amide bonds. The van der Waals surface area contributed by atoms with Crippen molar-refractivity contribution in [3.8, 4) is 11.3 Å². The molecular weight excluding hydrogens is 531 g/mol. The van der Waals surface area contributed by atoms with Gasteiger partial charge in [-0.05, 0) is 25.6 Å². The molecule has 13 heteroatoms. The summed E-state index contributed by atoms with van der Waals surface area (Å²) in [6.07, 6.45) is 2.46. The van der Waals surface area contributed by atoms with Crippen LogP contribution in [0.4, 0.5) is 24.1 Å². The average Bonchev–Trinajstić information content (AvgIpc) is 3.39.